The number of thiazole rings is 1. The molecule has 0 aliphatic rings. The summed E-state index contributed by atoms with van der Waals surface area (Å²) in [6, 6.07) is 8.08. The summed E-state index contributed by atoms with van der Waals surface area (Å²) in [5, 5.41) is 6.72. The maximum absolute atomic E-state index is 12.1. The van der Waals surface area contributed by atoms with Crippen LogP contribution in [0.1, 0.15) is 29.3 Å². The van der Waals surface area contributed by atoms with Crippen molar-refractivity contribution in [2.75, 3.05) is 5.32 Å². The van der Waals surface area contributed by atoms with Crippen LogP contribution in [0.4, 0.5) is 5.69 Å². The molecule has 5 heteroatoms. The van der Waals surface area contributed by atoms with Crippen LogP contribution in [0.2, 0.25) is 0 Å². The van der Waals surface area contributed by atoms with Crippen LogP contribution >= 0.6 is 11.3 Å². The van der Waals surface area contributed by atoms with E-state index in [4.69, 9.17) is 0 Å². The summed E-state index contributed by atoms with van der Waals surface area (Å²) in [4.78, 5) is 16.4. The van der Waals surface area contributed by atoms with Crippen LogP contribution < -0.4 is 5.32 Å². The van der Waals surface area contributed by atoms with E-state index in [9.17, 15) is 4.79 Å². The lowest BCUT2D eigenvalue weighted by molar-refractivity contribution is 0.102. The first-order chi connectivity index (χ1) is 10.5. The second-order valence-corrected chi connectivity index (χ2v) is 6.90. The minimum atomic E-state index is -0.162. The number of nitrogens with zero attached hydrogens (tertiary/aromatic N) is 2. The summed E-state index contributed by atoms with van der Waals surface area (Å²) in [7, 11) is 0. The van der Waals surface area contributed by atoms with E-state index in [1.807, 2.05) is 19.1 Å². The maximum atomic E-state index is 12.1. The molecule has 0 fully saturated rings. The number of hydrogen-bond acceptors (Lipinski definition) is 3. The molecule has 0 spiro atoms. The number of amides is 1. The van der Waals surface area contributed by atoms with E-state index in [1.165, 1.54) is 16.9 Å². The van der Waals surface area contributed by atoms with Gasteiger partial charge in [-0.25, -0.2) is 4.98 Å². The number of carbonyl (C=O) groups excluding carboxylic acids is 1. The number of hydrogen-bond donors (Lipinski definition) is 1. The van der Waals surface area contributed by atoms with E-state index in [0.29, 0.717) is 11.6 Å². The Balaban J connectivity index is 1.82. The number of fused-ring (bicyclic) bond motifs is 1. The summed E-state index contributed by atoms with van der Waals surface area (Å²) < 4.78 is 2.25. The van der Waals surface area contributed by atoms with Crippen LogP contribution in [0.3, 0.4) is 0 Å². The fourth-order valence-electron chi connectivity index (χ4n) is 2.49. The van der Waals surface area contributed by atoms with Gasteiger partial charge in [-0.2, -0.15) is 0 Å². The van der Waals surface area contributed by atoms with Crippen molar-refractivity contribution in [2.45, 2.75) is 27.3 Å². The van der Waals surface area contributed by atoms with E-state index in [0.717, 1.165) is 22.6 Å². The zero-order valence-corrected chi connectivity index (χ0v) is 13.8. The molecule has 1 N–H and O–H groups in total. The highest BCUT2D eigenvalue weighted by Crippen LogP contribution is 2.22. The van der Waals surface area contributed by atoms with Crippen LogP contribution in [-0.4, -0.2) is 15.5 Å². The third-order valence-corrected chi connectivity index (χ3v) is 4.22. The summed E-state index contributed by atoms with van der Waals surface area (Å²) in [5.74, 6) is 0.438. The molecule has 0 unspecified atom stereocenters. The smallest absolute Gasteiger partial charge is 0.275 e. The number of aryl methyl sites for hydroxylation is 1. The van der Waals surface area contributed by atoms with Gasteiger partial charge in [0.1, 0.15) is 5.69 Å². The first kappa shape index (κ1) is 14.8. The van der Waals surface area contributed by atoms with E-state index >= 15 is 0 Å². The lowest BCUT2D eigenvalue weighted by atomic mass is 10.2. The normalized spacial score (nSPS) is 11.3. The lowest BCUT2D eigenvalue weighted by Gasteiger charge is -2.09. The van der Waals surface area contributed by atoms with Gasteiger partial charge in [-0.05, 0) is 37.1 Å². The molecule has 3 aromatic rings. The Kier molecular flexibility index (Phi) is 3.98. The van der Waals surface area contributed by atoms with Crippen LogP contribution in [0.25, 0.3) is 10.9 Å². The Bertz CT molecular complexity index is 816. The van der Waals surface area contributed by atoms with Crippen molar-refractivity contribution < 1.29 is 4.79 Å². The molecule has 0 atom stereocenters. The van der Waals surface area contributed by atoms with Crippen molar-refractivity contribution in [1.82, 2.24) is 9.55 Å². The van der Waals surface area contributed by atoms with Gasteiger partial charge in [-0.3, -0.25) is 4.79 Å². The summed E-state index contributed by atoms with van der Waals surface area (Å²) in [6.45, 7) is 7.30. The fourth-order valence-corrected chi connectivity index (χ4v) is 3.09. The van der Waals surface area contributed by atoms with E-state index in [2.05, 4.69) is 47.0 Å². The average molecular weight is 313 g/mol. The summed E-state index contributed by atoms with van der Waals surface area (Å²) in [6.07, 6.45) is 2.10. The van der Waals surface area contributed by atoms with Gasteiger partial charge in [0.05, 0.1) is 5.01 Å². The summed E-state index contributed by atoms with van der Waals surface area (Å²) in [5.41, 5.74) is 2.46. The largest absolute Gasteiger partial charge is 0.347 e. The highest BCUT2D eigenvalue weighted by atomic mass is 32.1. The van der Waals surface area contributed by atoms with Gasteiger partial charge in [-0.15, -0.1) is 11.3 Å². The average Bonchev–Trinajstić information content (AvgIpc) is 3.05. The molecular weight excluding hydrogens is 294 g/mol. The second-order valence-electron chi connectivity index (χ2n) is 5.84. The Hall–Kier alpha value is -2.14. The van der Waals surface area contributed by atoms with E-state index in [1.54, 1.807) is 5.38 Å². The van der Waals surface area contributed by atoms with Crippen LogP contribution in [-0.2, 0) is 6.54 Å². The first-order valence-electron chi connectivity index (χ1n) is 7.35. The Morgan fingerprint density at radius 2 is 2.18 bits per heavy atom. The molecule has 0 aliphatic carbocycles. The zero-order chi connectivity index (χ0) is 15.7. The van der Waals surface area contributed by atoms with E-state index < -0.39 is 0 Å². The monoisotopic (exact) mass is 313 g/mol. The quantitative estimate of drug-likeness (QED) is 0.780. The van der Waals surface area contributed by atoms with E-state index in [-0.39, 0.29) is 5.91 Å². The van der Waals surface area contributed by atoms with Gasteiger partial charge in [0.25, 0.3) is 5.91 Å². The predicted molar refractivity (Wildman–Crippen MR) is 91.6 cm³/mol. The van der Waals surface area contributed by atoms with Gasteiger partial charge in [-0.1, -0.05) is 13.8 Å². The molecule has 22 heavy (non-hydrogen) atoms. The Labute approximate surface area is 133 Å². The standard InChI is InChI=1S/C17H19N3OS/c1-11(2)9-20-7-6-13-8-14(4-5-16(13)20)19-17(21)15-10-22-12(3)18-15/h4-8,10-11H,9H2,1-3H3,(H,19,21). The third kappa shape index (κ3) is 3.04. The molecule has 1 amide bonds. The molecule has 2 heterocycles. The van der Waals surface area contributed by atoms with Crippen LogP contribution in [0, 0.1) is 12.8 Å². The molecule has 0 bridgehead atoms. The Morgan fingerprint density at radius 3 is 2.86 bits per heavy atom. The minimum Gasteiger partial charge on any atom is -0.347 e. The van der Waals surface area contributed by atoms with Gasteiger partial charge < -0.3 is 9.88 Å². The molecule has 114 valence electrons. The lowest BCUT2D eigenvalue weighted by Crippen LogP contribution is -2.12. The molecule has 1 aromatic carbocycles. The van der Waals surface area contributed by atoms with Gasteiger partial charge in [0, 0.05) is 34.7 Å². The molecular formula is C17H19N3OS. The highest BCUT2D eigenvalue weighted by molar-refractivity contribution is 7.09. The zero-order valence-electron chi connectivity index (χ0n) is 13.0. The van der Waals surface area contributed by atoms with Crippen molar-refractivity contribution >= 4 is 33.8 Å². The maximum Gasteiger partial charge on any atom is 0.275 e. The molecule has 4 nitrogen and oxygen atoms in total. The van der Waals surface area contributed by atoms with Crippen LogP contribution in [0.15, 0.2) is 35.8 Å². The SMILES string of the molecule is Cc1nc(C(=O)Nc2ccc3c(ccn3CC(C)C)c2)cs1. The molecule has 0 saturated heterocycles. The molecule has 2 aromatic heterocycles. The second kappa shape index (κ2) is 5.93. The topological polar surface area (TPSA) is 46.9 Å². The van der Waals surface area contributed by atoms with Crippen molar-refractivity contribution in [1.29, 1.82) is 0 Å². The number of aromatic nitrogens is 2. The number of carbonyl (C=O) groups is 1. The highest BCUT2D eigenvalue weighted by Gasteiger charge is 2.10. The number of nitrogens with one attached hydrogen (secondary N) is 1. The molecule has 0 radical (unpaired) electrons. The number of rotatable bonds is 4. The first-order valence-corrected chi connectivity index (χ1v) is 8.23. The Morgan fingerprint density at radius 1 is 1.36 bits per heavy atom. The van der Waals surface area contributed by atoms with Crippen molar-refractivity contribution in [2.24, 2.45) is 5.92 Å². The number of benzene rings is 1. The molecule has 0 aliphatic heterocycles. The summed E-state index contributed by atoms with van der Waals surface area (Å²) >= 11 is 1.48. The minimum absolute atomic E-state index is 0.162. The predicted octanol–water partition coefficient (Wildman–Crippen LogP) is 4.31. The van der Waals surface area contributed by atoms with Crippen molar-refractivity contribution in [3.63, 3.8) is 0 Å². The molecule has 0 saturated carbocycles. The van der Waals surface area contributed by atoms with Crippen molar-refractivity contribution in [3.05, 3.63) is 46.5 Å². The fraction of sp³-hybridized carbons (Fsp3) is 0.294. The van der Waals surface area contributed by atoms with Gasteiger partial charge >= 0.3 is 0 Å². The van der Waals surface area contributed by atoms with Gasteiger partial charge in [0.15, 0.2) is 0 Å². The third-order valence-electron chi connectivity index (χ3n) is 3.44. The van der Waals surface area contributed by atoms with Crippen LogP contribution in [0.5, 0.6) is 0 Å². The van der Waals surface area contributed by atoms with Crippen molar-refractivity contribution in [3.8, 4) is 0 Å². The molecule has 3 rings (SSSR count). The van der Waals surface area contributed by atoms with Gasteiger partial charge in [0.2, 0.25) is 0 Å². The number of anilines is 1.